The van der Waals surface area contributed by atoms with Crippen LogP contribution in [0.3, 0.4) is 0 Å². The zero-order chi connectivity index (χ0) is 14.5. The topological polar surface area (TPSA) is 17.1 Å². The van der Waals surface area contributed by atoms with Crippen molar-refractivity contribution < 1.29 is 4.79 Å². The van der Waals surface area contributed by atoms with Gasteiger partial charge < -0.3 is 0 Å². The Labute approximate surface area is 133 Å². The average Bonchev–Trinajstić information content (AvgIpc) is 2.48. The van der Waals surface area contributed by atoms with Crippen molar-refractivity contribution in [1.82, 2.24) is 0 Å². The molecule has 0 aliphatic rings. The molecule has 1 nitrogen and oxygen atoms in total. The van der Waals surface area contributed by atoms with Crippen molar-refractivity contribution in [2.75, 3.05) is 0 Å². The van der Waals surface area contributed by atoms with E-state index in [4.69, 9.17) is 0 Å². The number of rotatable bonds is 4. The van der Waals surface area contributed by atoms with E-state index in [2.05, 4.69) is 35.5 Å². The van der Waals surface area contributed by atoms with E-state index in [1.165, 1.54) is 5.56 Å². The van der Waals surface area contributed by atoms with Crippen LogP contribution in [0.4, 0.5) is 0 Å². The Morgan fingerprint density at radius 3 is 2.15 bits per heavy atom. The van der Waals surface area contributed by atoms with Gasteiger partial charge in [0, 0.05) is 14.9 Å². The van der Waals surface area contributed by atoms with E-state index >= 15 is 0 Å². The third kappa shape index (κ3) is 3.84. The first kappa shape index (κ1) is 15.1. The molecule has 2 aromatic rings. The van der Waals surface area contributed by atoms with Crippen LogP contribution in [0.15, 0.2) is 59.1 Å². The van der Waals surface area contributed by atoms with Crippen LogP contribution in [0.25, 0.3) is 4.91 Å². The molecule has 0 fully saturated rings. The zero-order valence-corrected chi connectivity index (χ0v) is 13.6. The smallest absolute Gasteiger partial charge is 0.186 e. The van der Waals surface area contributed by atoms with Crippen LogP contribution in [-0.4, -0.2) is 5.78 Å². The first-order valence-corrected chi connectivity index (χ1v) is 7.64. The van der Waals surface area contributed by atoms with E-state index in [1.54, 1.807) is 6.08 Å². The molecule has 0 saturated heterocycles. The van der Waals surface area contributed by atoms with Crippen molar-refractivity contribution in [3.05, 3.63) is 75.8 Å². The number of carbonyl (C=O) groups excluding carboxylic acids is 1. The fourth-order valence-electron chi connectivity index (χ4n) is 1.82. The summed E-state index contributed by atoms with van der Waals surface area (Å²) >= 11 is 7.79. The summed E-state index contributed by atoms with van der Waals surface area (Å²) in [6.45, 7) is 2.09. The predicted molar refractivity (Wildman–Crippen MR) is 91.3 cm³/mol. The summed E-state index contributed by atoms with van der Waals surface area (Å²) in [4.78, 5) is 12.8. The highest BCUT2D eigenvalue weighted by Gasteiger charge is 2.05. The SMILES string of the molecule is CCc1ccc(C(=O)/C=C(/S)c2ccc(Br)cc2)cc1. The quantitative estimate of drug-likeness (QED) is 0.459. The van der Waals surface area contributed by atoms with Crippen LogP contribution in [-0.2, 0) is 6.42 Å². The van der Waals surface area contributed by atoms with E-state index < -0.39 is 0 Å². The van der Waals surface area contributed by atoms with E-state index in [-0.39, 0.29) is 5.78 Å². The van der Waals surface area contributed by atoms with Gasteiger partial charge >= 0.3 is 0 Å². The van der Waals surface area contributed by atoms with Gasteiger partial charge in [-0.05, 0) is 35.8 Å². The number of allylic oxidation sites excluding steroid dienone is 1. The van der Waals surface area contributed by atoms with Gasteiger partial charge in [-0.15, -0.1) is 12.6 Å². The Bertz CT molecular complexity index is 627. The number of ketones is 1. The minimum absolute atomic E-state index is 0.0272. The van der Waals surface area contributed by atoms with E-state index in [9.17, 15) is 4.79 Å². The zero-order valence-electron chi connectivity index (χ0n) is 11.1. The highest BCUT2D eigenvalue weighted by Crippen LogP contribution is 2.21. The monoisotopic (exact) mass is 346 g/mol. The summed E-state index contributed by atoms with van der Waals surface area (Å²) in [6, 6.07) is 15.4. The third-order valence-electron chi connectivity index (χ3n) is 3.05. The normalized spacial score (nSPS) is 11.4. The van der Waals surface area contributed by atoms with Crippen LogP contribution < -0.4 is 0 Å². The van der Waals surface area contributed by atoms with Gasteiger partial charge in [-0.3, -0.25) is 4.79 Å². The molecule has 0 aliphatic carbocycles. The van der Waals surface area contributed by atoms with Crippen LogP contribution in [0.5, 0.6) is 0 Å². The van der Waals surface area contributed by atoms with Crippen molar-refractivity contribution in [3.8, 4) is 0 Å². The summed E-state index contributed by atoms with van der Waals surface area (Å²) in [6.07, 6.45) is 2.54. The highest BCUT2D eigenvalue weighted by atomic mass is 79.9. The van der Waals surface area contributed by atoms with Crippen molar-refractivity contribution in [2.45, 2.75) is 13.3 Å². The summed E-state index contributed by atoms with van der Waals surface area (Å²) in [5.41, 5.74) is 2.84. The predicted octanol–water partition coefficient (Wildman–Crippen LogP) is 5.17. The molecule has 20 heavy (non-hydrogen) atoms. The number of benzene rings is 2. The van der Waals surface area contributed by atoms with Crippen molar-refractivity contribution in [3.63, 3.8) is 0 Å². The number of thiol groups is 1. The lowest BCUT2D eigenvalue weighted by Gasteiger charge is -2.02. The molecule has 0 spiro atoms. The number of carbonyl (C=O) groups is 1. The maximum atomic E-state index is 12.2. The number of halogens is 1. The lowest BCUT2D eigenvalue weighted by atomic mass is 10.1. The minimum atomic E-state index is -0.0272. The fraction of sp³-hybridized carbons (Fsp3) is 0.118. The van der Waals surface area contributed by atoms with Crippen LogP contribution in [0.1, 0.15) is 28.4 Å². The summed E-state index contributed by atoms with van der Waals surface area (Å²) in [7, 11) is 0. The van der Waals surface area contributed by atoms with Crippen molar-refractivity contribution in [2.24, 2.45) is 0 Å². The standard InChI is InChI=1S/C17H15BrOS/c1-2-12-3-5-13(6-4-12)16(19)11-17(20)14-7-9-15(18)10-8-14/h3-11,20H,2H2,1H3/b17-11+. The molecular formula is C17H15BrOS. The maximum Gasteiger partial charge on any atom is 0.186 e. The van der Waals surface area contributed by atoms with Crippen LogP contribution in [0.2, 0.25) is 0 Å². The summed E-state index contributed by atoms with van der Waals surface area (Å²) in [5.74, 6) is -0.0272. The third-order valence-corrected chi connectivity index (χ3v) is 3.97. The molecule has 102 valence electrons. The lowest BCUT2D eigenvalue weighted by Crippen LogP contribution is -1.95. The van der Waals surface area contributed by atoms with Crippen LogP contribution in [0, 0.1) is 0 Å². The van der Waals surface area contributed by atoms with E-state index in [0.717, 1.165) is 16.5 Å². The molecule has 0 atom stereocenters. The molecule has 0 saturated carbocycles. The molecule has 3 heteroatoms. The molecule has 0 N–H and O–H groups in total. The number of hydrogen-bond donors (Lipinski definition) is 1. The summed E-state index contributed by atoms with van der Waals surface area (Å²) in [5, 5.41) is 0. The average molecular weight is 347 g/mol. The first-order chi connectivity index (χ1) is 9.60. The van der Waals surface area contributed by atoms with Gasteiger partial charge in [0.1, 0.15) is 0 Å². The lowest BCUT2D eigenvalue weighted by molar-refractivity contribution is 0.104. The minimum Gasteiger partial charge on any atom is -0.289 e. The van der Waals surface area contributed by atoms with Gasteiger partial charge in [-0.2, -0.15) is 0 Å². The second kappa shape index (κ2) is 6.91. The Kier molecular flexibility index (Phi) is 5.21. The van der Waals surface area contributed by atoms with E-state index in [0.29, 0.717) is 10.5 Å². The van der Waals surface area contributed by atoms with Gasteiger partial charge in [0.15, 0.2) is 5.78 Å². The van der Waals surface area contributed by atoms with E-state index in [1.807, 2.05) is 48.5 Å². The molecule has 0 amide bonds. The molecule has 2 rings (SSSR count). The summed E-state index contributed by atoms with van der Waals surface area (Å²) < 4.78 is 1.00. The molecular weight excluding hydrogens is 332 g/mol. The number of hydrogen-bond acceptors (Lipinski definition) is 2. The second-order valence-electron chi connectivity index (χ2n) is 4.45. The largest absolute Gasteiger partial charge is 0.289 e. The molecule has 0 unspecified atom stereocenters. The van der Waals surface area contributed by atoms with Gasteiger partial charge in [0.05, 0.1) is 0 Å². The van der Waals surface area contributed by atoms with Gasteiger partial charge in [-0.25, -0.2) is 0 Å². The van der Waals surface area contributed by atoms with Crippen LogP contribution >= 0.6 is 28.6 Å². The Morgan fingerprint density at radius 2 is 1.60 bits per heavy atom. The molecule has 0 bridgehead atoms. The molecule has 2 aromatic carbocycles. The van der Waals surface area contributed by atoms with Gasteiger partial charge in [0.25, 0.3) is 0 Å². The second-order valence-corrected chi connectivity index (χ2v) is 5.85. The maximum absolute atomic E-state index is 12.2. The molecule has 0 aromatic heterocycles. The molecule has 0 radical (unpaired) electrons. The molecule has 0 aliphatic heterocycles. The van der Waals surface area contributed by atoms with Gasteiger partial charge in [-0.1, -0.05) is 59.3 Å². The molecule has 0 heterocycles. The highest BCUT2D eigenvalue weighted by molar-refractivity contribution is 9.10. The Hall–Kier alpha value is -1.32. The van der Waals surface area contributed by atoms with Crippen molar-refractivity contribution >= 4 is 39.2 Å². The van der Waals surface area contributed by atoms with Gasteiger partial charge in [0.2, 0.25) is 0 Å². The van der Waals surface area contributed by atoms with Crippen molar-refractivity contribution in [1.29, 1.82) is 0 Å². The Balaban J connectivity index is 2.20. The fourth-order valence-corrected chi connectivity index (χ4v) is 2.35. The number of aryl methyl sites for hydroxylation is 1. The first-order valence-electron chi connectivity index (χ1n) is 6.40. The Morgan fingerprint density at radius 1 is 1.05 bits per heavy atom.